The first-order chi connectivity index (χ1) is 35.6. The molecule has 3 N–H and O–H groups in total. The topological polar surface area (TPSA) is 175 Å². The van der Waals surface area contributed by atoms with Crippen LogP contribution in [0.3, 0.4) is 0 Å². The SMILES string of the molecule is CCCCC/C=C\C/C=C\CCCCCCCCCCCC(=O)OCC(COC1OC(C(=O)O)C(O)C(O)C1OC(=O)CCCCCCCCCCCCCCC)OC(=O)CCCCCCCCCCCCC. The summed E-state index contributed by atoms with van der Waals surface area (Å²) >= 11 is 0. The van der Waals surface area contributed by atoms with E-state index in [1.165, 1.54) is 161 Å². The van der Waals surface area contributed by atoms with Gasteiger partial charge < -0.3 is 39.0 Å². The Balaban J connectivity index is 2.64. The zero-order valence-electron chi connectivity index (χ0n) is 46.9. The molecule has 0 aliphatic carbocycles. The Hall–Kier alpha value is -2.80. The summed E-state index contributed by atoms with van der Waals surface area (Å²) in [5, 5.41) is 31.4. The van der Waals surface area contributed by atoms with Crippen molar-refractivity contribution in [3.05, 3.63) is 24.3 Å². The highest BCUT2D eigenvalue weighted by Crippen LogP contribution is 2.27. The molecule has 0 aromatic heterocycles. The third-order valence-corrected chi connectivity index (χ3v) is 14.0. The molecule has 426 valence electrons. The van der Waals surface area contributed by atoms with E-state index in [4.69, 9.17) is 23.7 Å². The number of unbranched alkanes of at least 4 members (excludes halogenated alkanes) is 34. The zero-order chi connectivity index (χ0) is 53.3. The van der Waals surface area contributed by atoms with E-state index in [0.717, 1.165) is 70.6 Å². The van der Waals surface area contributed by atoms with Crippen molar-refractivity contribution in [2.45, 2.75) is 327 Å². The van der Waals surface area contributed by atoms with Crippen molar-refractivity contribution >= 4 is 23.9 Å². The molecule has 0 aromatic carbocycles. The van der Waals surface area contributed by atoms with E-state index < -0.39 is 67.3 Å². The van der Waals surface area contributed by atoms with E-state index in [2.05, 4.69) is 45.1 Å². The van der Waals surface area contributed by atoms with Gasteiger partial charge >= 0.3 is 23.9 Å². The molecule has 0 amide bonds. The van der Waals surface area contributed by atoms with E-state index in [1.807, 2.05) is 0 Å². The number of allylic oxidation sites excluding steroid dienone is 4. The highest BCUT2D eigenvalue weighted by atomic mass is 16.7. The number of aliphatic hydroxyl groups excluding tert-OH is 2. The summed E-state index contributed by atoms with van der Waals surface area (Å²) in [4.78, 5) is 51.1. The van der Waals surface area contributed by atoms with Gasteiger partial charge in [-0.2, -0.15) is 0 Å². The molecule has 12 nitrogen and oxygen atoms in total. The van der Waals surface area contributed by atoms with Crippen molar-refractivity contribution in [3.63, 3.8) is 0 Å². The minimum absolute atomic E-state index is 0.0671. The van der Waals surface area contributed by atoms with Crippen LogP contribution < -0.4 is 0 Å². The molecule has 0 radical (unpaired) electrons. The van der Waals surface area contributed by atoms with E-state index >= 15 is 0 Å². The van der Waals surface area contributed by atoms with Crippen molar-refractivity contribution in [1.29, 1.82) is 0 Å². The number of aliphatic carboxylic acids is 1. The summed E-state index contributed by atoms with van der Waals surface area (Å²) in [6, 6.07) is 0. The number of carboxylic acids is 1. The molecule has 0 saturated carbocycles. The number of ether oxygens (including phenoxy) is 5. The molecule has 1 saturated heterocycles. The normalized spacial score (nSPS) is 18.4. The van der Waals surface area contributed by atoms with E-state index in [9.17, 15) is 34.5 Å². The second-order valence-electron chi connectivity index (χ2n) is 21.0. The van der Waals surface area contributed by atoms with Crippen molar-refractivity contribution in [2.24, 2.45) is 0 Å². The molecule has 6 atom stereocenters. The number of rotatable bonds is 52. The summed E-state index contributed by atoms with van der Waals surface area (Å²) in [6.45, 7) is 5.98. The van der Waals surface area contributed by atoms with Crippen molar-refractivity contribution < 1.29 is 58.2 Å². The van der Waals surface area contributed by atoms with Crippen LogP contribution in [0.15, 0.2) is 24.3 Å². The molecule has 0 spiro atoms. The van der Waals surface area contributed by atoms with Crippen molar-refractivity contribution in [1.82, 2.24) is 0 Å². The second kappa shape index (κ2) is 50.0. The van der Waals surface area contributed by atoms with Gasteiger partial charge in [-0.25, -0.2) is 4.79 Å². The standard InChI is InChI=1S/C61H110O12/c1-4-7-10-13-16-19-22-24-25-26-27-28-29-31-33-35-38-41-44-47-53(62)69-50-52(71-54(63)48-45-42-39-36-32-21-18-15-12-9-6-3)51-70-61-59(57(66)56(65)58(73-61)60(67)68)72-55(64)49-46-43-40-37-34-30-23-20-17-14-11-8-5-2/h16,19,24-25,52,56-59,61,65-66H,4-15,17-18,20-23,26-51H2,1-3H3,(H,67,68)/b19-16-,25-24-. The first-order valence-corrected chi connectivity index (χ1v) is 30.3. The van der Waals surface area contributed by atoms with Crippen LogP contribution in [0.1, 0.15) is 290 Å². The van der Waals surface area contributed by atoms with E-state index in [-0.39, 0.29) is 25.9 Å². The fraction of sp³-hybridized carbons (Fsp3) is 0.869. The van der Waals surface area contributed by atoms with E-state index in [0.29, 0.717) is 19.3 Å². The van der Waals surface area contributed by atoms with Gasteiger partial charge in [-0.1, -0.05) is 244 Å². The second-order valence-corrected chi connectivity index (χ2v) is 21.0. The number of carbonyl (C=O) groups excluding carboxylic acids is 3. The lowest BCUT2D eigenvalue weighted by Crippen LogP contribution is -2.61. The lowest BCUT2D eigenvalue weighted by atomic mass is 9.98. The molecule has 1 aliphatic heterocycles. The Bertz CT molecular complexity index is 1370. The van der Waals surface area contributed by atoms with Gasteiger partial charge in [-0.3, -0.25) is 14.4 Å². The predicted octanol–water partition coefficient (Wildman–Crippen LogP) is 15.5. The van der Waals surface area contributed by atoms with Gasteiger partial charge in [0.1, 0.15) is 18.8 Å². The quantitative estimate of drug-likeness (QED) is 0.0228. The van der Waals surface area contributed by atoms with Crippen LogP contribution in [-0.4, -0.2) is 89.2 Å². The largest absolute Gasteiger partial charge is 0.479 e. The molecule has 1 rings (SSSR count). The first kappa shape index (κ1) is 68.2. The van der Waals surface area contributed by atoms with Gasteiger partial charge in [0.05, 0.1) is 6.61 Å². The first-order valence-electron chi connectivity index (χ1n) is 30.3. The Morgan fingerprint density at radius 2 is 0.822 bits per heavy atom. The maximum absolute atomic E-state index is 13.1. The number of hydrogen-bond donors (Lipinski definition) is 3. The Morgan fingerprint density at radius 1 is 0.452 bits per heavy atom. The lowest BCUT2D eigenvalue weighted by molar-refractivity contribution is -0.301. The zero-order valence-corrected chi connectivity index (χ0v) is 46.9. The number of carboxylic acid groups (broad SMARTS) is 1. The van der Waals surface area contributed by atoms with Gasteiger partial charge in [0, 0.05) is 19.3 Å². The Labute approximate surface area is 445 Å². The number of hydrogen-bond acceptors (Lipinski definition) is 11. The van der Waals surface area contributed by atoms with Crippen LogP contribution in [0.2, 0.25) is 0 Å². The number of aliphatic hydroxyl groups is 2. The summed E-state index contributed by atoms with van der Waals surface area (Å²) in [5.41, 5.74) is 0. The Morgan fingerprint density at radius 3 is 1.26 bits per heavy atom. The van der Waals surface area contributed by atoms with Gasteiger partial charge in [0.2, 0.25) is 0 Å². The summed E-state index contributed by atoms with van der Waals surface area (Å²) in [6.07, 6.45) is 44.3. The summed E-state index contributed by atoms with van der Waals surface area (Å²) < 4.78 is 28.4. The summed E-state index contributed by atoms with van der Waals surface area (Å²) in [5.74, 6) is -3.09. The Kier molecular flexibility index (Phi) is 46.8. The van der Waals surface area contributed by atoms with Crippen LogP contribution in [0.4, 0.5) is 0 Å². The monoisotopic (exact) mass is 1030 g/mol. The minimum Gasteiger partial charge on any atom is -0.479 e. The molecule has 6 unspecified atom stereocenters. The maximum atomic E-state index is 13.1. The van der Waals surface area contributed by atoms with Crippen molar-refractivity contribution in [3.8, 4) is 0 Å². The highest BCUT2D eigenvalue weighted by Gasteiger charge is 2.50. The van der Waals surface area contributed by atoms with Crippen LogP contribution in [0.5, 0.6) is 0 Å². The molecule has 1 heterocycles. The van der Waals surface area contributed by atoms with Gasteiger partial charge in [-0.15, -0.1) is 0 Å². The van der Waals surface area contributed by atoms with Gasteiger partial charge in [-0.05, 0) is 51.4 Å². The van der Waals surface area contributed by atoms with Crippen LogP contribution in [-0.2, 0) is 42.9 Å². The van der Waals surface area contributed by atoms with Crippen LogP contribution in [0.25, 0.3) is 0 Å². The average Bonchev–Trinajstić information content (AvgIpc) is 3.37. The smallest absolute Gasteiger partial charge is 0.335 e. The molecule has 1 aliphatic rings. The average molecular weight is 1040 g/mol. The molecular weight excluding hydrogens is 925 g/mol. The summed E-state index contributed by atoms with van der Waals surface area (Å²) in [7, 11) is 0. The lowest BCUT2D eigenvalue weighted by Gasteiger charge is -2.40. The minimum atomic E-state index is -1.90. The molecular formula is C61H110O12. The van der Waals surface area contributed by atoms with Crippen LogP contribution in [0, 0.1) is 0 Å². The molecule has 0 bridgehead atoms. The van der Waals surface area contributed by atoms with Gasteiger partial charge in [0.25, 0.3) is 0 Å². The third kappa shape index (κ3) is 40.2. The van der Waals surface area contributed by atoms with E-state index in [1.54, 1.807) is 0 Å². The maximum Gasteiger partial charge on any atom is 0.335 e. The molecule has 12 heteroatoms. The highest BCUT2D eigenvalue weighted by molar-refractivity contribution is 5.74. The van der Waals surface area contributed by atoms with Crippen LogP contribution >= 0.6 is 0 Å². The van der Waals surface area contributed by atoms with Gasteiger partial charge in [0.15, 0.2) is 24.6 Å². The third-order valence-electron chi connectivity index (χ3n) is 14.0. The predicted molar refractivity (Wildman–Crippen MR) is 294 cm³/mol. The van der Waals surface area contributed by atoms with Crippen molar-refractivity contribution in [2.75, 3.05) is 13.2 Å². The fourth-order valence-electron chi connectivity index (χ4n) is 9.34. The number of carbonyl (C=O) groups is 4. The molecule has 73 heavy (non-hydrogen) atoms. The molecule has 1 fully saturated rings. The fourth-order valence-corrected chi connectivity index (χ4v) is 9.34. The molecule has 0 aromatic rings. The number of esters is 3.